The lowest BCUT2D eigenvalue weighted by atomic mass is 10.0. The first kappa shape index (κ1) is 30.1. The zero-order valence-electron chi connectivity index (χ0n) is 23.1. The summed E-state index contributed by atoms with van der Waals surface area (Å²) in [6.45, 7) is 11.8. The van der Waals surface area contributed by atoms with Gasteiger partial charge in [-0.25, -0.2) is 0 Å². The molecular weight excluding hydrogens is 398 g/mol. The third kappa shape index (κ3) is 19.1. The molecule has 1 heteroatoms. The van der Waals surface area contributed by atoms with E-state index in [9.17, 15) is 0 Å². The van der Waals surface area contributed by atoms with Gasteiger partial charge in [0.1, 0.15) is 0 Å². The van der Waals surface area contributed by atoms with Crippen LogP contribution in [0, 0.1) is 11.8 Å². The molecule has 0 fully saturated rings. The van der Waals surface area contributed by atoms with E-state index in [0.29, 0.717) is 0 Å². The Kier molecular flexibility index (Phi) is 19.6. The molecule has 0 spiro atoms. The van der Waals surface area contributed by atoms with Crippen LogP contribution in [-0.4, -0.2) is 13.1 Å². The van der Waals surface area contributed by atoms with Crippen molar-refractivity contribution in [1.29, 1.82) is 0 Å². The Morgan fingerprint density at radius 1 is 0.455 bits per heavy atom. The molecule has 0 aromatic heterocycles. The molecule has 0 aliphatic carbocycles. The molecule has 0 atom stereocenters. The van der Waals surface area contributed by atoms with E-state index in [4.69, 9.17) is 0 Å². The van der Waals surface area contributed by atoms with Gasteiger partial charge in [0.2, 0.25) is 0 Å². The minimum atomic E-state index is 0.877. The van der Waals surface area contributed by atoms with Gasteiger partial charge in [-0.3, -0.25) is 0 Å². The summed E-state index contributed by atoms with van der Waals surface area (Å²) < 4.78 is 0. The number of para-hydroxylation sites is 1. The van der Waals surface area contributed by atoms with E-state index in [1.54, 1.807) is 0 Å². The number of hydrogen-bond donors (Lipinski definition) is 0. The Balaban J connectivity index is 2.09. The second kappa shape index (κ2) is 21.5. The molecule has 1 aromatic rings. The topological polar surface area (TPSA) is 3.24 Å². The summed E-state index contributed by atoms with van der Waals surface area (Å²) in [5.41, 5.74) is 1.42. The van der Waals surface area contributed by atoms with Crippen LogP contribution in [0.1, 0.15) is 143 Å². The molecule has 1 rings (SSSR count). The maximum absolute atomic E-state index is 2.65. The highest BCUT2D eigenvalue weighted by Crippen LogP contribution is 2.18. The van der Waals surface area contributed by atoms with Gasteiger partial charge in [0, 0.05) is 18.8 Å². The molecule has 0 unspecified atom stereocenters. The lowest BCUT2D eigenvalue weighted by Gasteiger charge is -2.25. The standard InChI is InChI=1S/C32H59N/c1-30(2)24-18-13-9-5-7-11-15-22-28-33(32-26-20-17-21-27-32)29-23-16-12-8-6-10-14-19-25-31(3)4/h17,20-21,26-27,30-31H,5-16,18-19,22-25,28-29H2,1-4H3. The van der Waals surface area contributed by atoms with Crippen molar-refractivity contribution in [3.05, 3.63) is 30.3 Å². The highest BCUT2D eigenvalue weighted by atomic mass is 15.1. The van der Waals surface area contributed by atoms with Crippen molar-refractivity contribution in [2.75, 3.05) is 18.0 Å². The van der Waals surface area contributed by atoms with Gasteiger partial charge < -0.3 is 4.90 Å². The maximum Gasteiger partial charge on any atom is 0.0366 e. The van der Waals surface area contributed by atoms with E-state index >= 15 is 0 Å². The molecule has 0 bridgehead atoms. The highest BCUT2D eigenvalue weighted by molar-refractivity contribution is 5.45. The molecule has 0 aliphatic heterocycles. The number of nitrogens with zero attached hydrogens (tertiary/aromatic N) is 1. The fraction of sp³-hybridized carbons (Fsp3) is 0.812. The third-order valence-electron chi connectivity index (χ3n) is 7.04. The number of anilines is 1. The number of benzene rings is 1. The Hall–Kier alpha value is -0.980. The largest absolute Gasteiger partial charge is 0.372 e. The van der Waals surface area contributed by atoms with E-state index in [2.05, 4.69) is 62.9 Å². The zero-order valence-corrected chi connectivity index (χ0v) is 23.1. The monoisotopic (exact) mass is 457 g/mol. The predicted molar refractivity (Wildman–Crippen MR) is 151 cm³/mol. The molecule has 0 saturated heterocycles. The minimum Gasteiger partial charge on any atom is -0.372 e. The van der Waals surface area contributed by atoms with Crippen molar-refractivity contribution in [3.8, 4) is 0 Å². The van der Waals surface area contributed by atoms with E-state index in [-0.39, 0.29) is 0 Å². The first-order valence-corrected chi connectivity index (χ1v) is 14.9. The van der Waals surface area contributed by atoms with E-state index in [0.717, 1.165) is 11.8 Å². The second-order valence-corrected chi connectivity index (χ2v) is 11.3. The number of rotatable bonds is 23. The number of unbranched alkanes of at least 4 members (excludes halogenated alkanes) is 14. The van der Waals surface area contributed by atoms with E-state index in [1.165, 1.54) is 134 Å². The van der Waals surface area contributed by atoms with Crippen molar-refractivity contribution in [1.82, 2.24) is 0 Å². The molecule has 0 N–H and O–H groups in total. The third-order valence-corrected chi connectivity index (χ3v) is 7.04. The first-order chi connectivity index (χ1) is 16.1. The van der Waals surface area contributed by atoms with Crippen molar-refractivity contribution in [2.24, 2.45) is 11.8 Å². The quantitative estimate of drug-likeness (QED) is 0.148. The van der Waals surface area contributed by atoms with Crippen molar-refractivity contribution in [2.45, 2.75) is 143 Å². The molecule has 0 amide bonds. The van der Waals surface area contributed by atoms with Crippen LogP contribution in [0.3, 0.4) is 0 Å². The van der Waals surface area contributed by atoms with Gasteiger partial charge in [-0.2, -0.15) is 0 Å². The van der Waals surface area contributed by atoms with Gasteiger partial charge in [-0.15, -0.1) is 0 Å². The van der Waals surface area contributed by atoms with Crippen molar-refractivity contribution in [3.63, 3.8) is 0 Å². The number of hydrogen-bond acceptors (Lipinski definition) is 1. The molecule has 0 radical (unpaired) electrons. The van der Waals surface area contributed by atoms with Gasteiger partial charge in [0.25, 0.3) is 0 Å². The lowest BCUT2D eigenvalue weighted by molar-refractivity contribution is 0.504. The molecular formula is C32H59N. The van der Waals surface area contributed by atoms with Gasteiger partial charge in [-0.05, 0) is 36.8 Å². The zero-order chi connectivity index (χ0) is 24.0. The molecule has 0 saturated carbocycles. The maximum atomic E-state index is 2.65. The van der Waals surface area contributed by atoms with Crippen LogP contribution < -0.4 is 4.90 Å². The molecule has 0 aliphatic rings. The van der Waals surface area contributed by atoms with Crippen LogP contribution in [0.2, 0.25) is 0 Å². The Morgan fingerprint density at radius 2 is 0.788 bits per heavy atom. The molecule has 1 aromatic carbocycles. The lowest BCUT2D eigenvalue weighted by Crippen LogP contribution is -2.25. The smallest absolute Gasteiger partial charge is 0.0366 e. The fourth-order valence-corrected chi connectivity index (χ4v) is 4.84. The highest BCUT2D eigenvalue weighted by Gasteiger charge is 2.06. The average Bonchev–Trinajstić information content (AvgIpc) is 2.80. The van der Waals surface area contributed by atoms with Crippen LogP contribution in [-0.2, 0) is 0 Å². The summed E-state index contributed by atoms with van der Waals surface area (Å²) in [6.07, 6.45) is 25.5. The van der Waals surface area contributed by atoms with E-state index < -0.39 is 0 Å². The van der Waals surface area contributed by atoms with Crippen LogP contribution in [0.15, 0.2) is 30.3 Å². The average molecular weight is 458 g/mol. The van der Waals surface area contributed by atoms with Crippen molar-refractivity contribution >= 4 is 5.69 Å². The molecule has 1 nitrogen and oxygen atoms in total. The van der Waals surface area contributed by atoms with Crippen molar-refractivity contribution < 1.29 is 0 Å². The summed E-state index contributed by atoms with van der Waals surface area (Å²) in [7, 11) is 0. The Morgan fingerprint density at radius 3 is 1.15 bits per heavy atom. The summed E-state index contributed by atoms with van der Waals surface area (Å²) in [5, 5.41) is 0. The molecule has 192 valence electrons. The van der Waals surface area contributed by atoms with Gasteiger partial charge in [0.15, 0.2) is 0 Å². The van der Waals surface area contributed by atoms with Gasteiger partial charge in [0.05, 0.1) is 0 Å². The second-order valence-electron chi connectivity index (χ2n) is 11.3. The fourth-order valence-electron chi connectivity index (χ4n) is 4.84. The van der Waals surface area contributed by atoms with Crippen LogP contribution in [0.4, 0.5) is 5.69 Å². The van der Waals surface area contributed by atoms with Crippen LogP contribution >= 0.6 is 0 Å². The van der Waals surface area contributed by atoms with Crippen LogP contribution in [0.25, 0.3) is 0 Å². The normalized spacial score (nSPS) is 11.6. The minimum absolute atomic E-state index is 0.877. The first-order valence-electron chi connectivity index (χ1n) is 14.9. The molecule has 33 heavy (non-hydrogen) atoms. The van der Waals surface area contributed by atoms with Gasteiger partial charge >= 0.3 is 0 Å². The Bertz CT molecular complexity index is 478. The predicted octanol–water partition coefficient (Wildman–Crippen LogP) is 10.8. The summed E-state index contributed by atoms with van der Waals surface area (Å²) >= 11 is 0. The van der Waals surface area contributed by atoms with Crippen LogP contribution in [0.5, 0.6) is 0 Å². The Labute approximate surface area is 209 Å². The molecule has 0 heterocycles. The van der Waals surface area contributed by atoms with Gasteiger partial charge in [-0.1, -0.05) is 149 Å². The van der Waals surface area contributed by atoms with E-state index in [1.807, 2.05) is 0 Å². The summed E-state index contributed by atoms with van der Waals surface area (Å²) in [6, 6.07) is 11.1. The summed E-state index contributed by atoms with van der Waals surface area (Å²) in [4.78, 5) is 2.65. The SMILES string of the molecule is CC(C)CCCCCCCCCCN(CCCCCCCCCCC(C)C)c1ccccc1. The summed E-state index contributed by atoms with van der Waals surface area (Å²) in [5.74, 6) is 1.75.